The molecule has 1 aliphatic rings. The van der Waals surface area contributed by atoms with Gasteiger partial charge in [0.2, 0.25) is 0 Å². The van der Waals surface area contributed by atoms with E-state index in [2.05, 4.69) is 4.74 Å². The number of carbonyl (C=O) groups is 1. The highest BCUT2D eigenvalue weighted by Gasteiger charge is 2.23. The molecule has 0 saturated carbocycles. The molecule has 0 amide bonds. The summed E-state index contributed by atoms with van der Waals surface area (Å²) in [7, 11) is 0. The van der Waals surface area contributed by atoms with Crippen LogP contribution in [0.1, 0.15) is 15.9 Å². The van der Waals surface area contributed by atoms with Gasteiger partial charge in [0.15, 0.2) is 5.78 Å². The number of fused-ring (bicyclic) bond motifs is 1. The lowest BCUT2D eigenvalue weighted by molar-refractivity contribution is -0.0499. The van der Waals surface area contributed by atoms with E-state index in [1.807, 2.05) is 0 Å². The predicted octanol–water partition coefficient (Wildman–Crippen LogP) is 4.80. The summed E-state index contributed by atoms with van der Waals surface area (Å²) in [4.78, 5) is 13.2. The lowest BCUT2D eigenvalue weighted by Crippen LogP contribution is -2.13. The Bertz CT molecular complexity index is 787. The number of thioether (sulfide) groups is 1. The second-order valence-electron chi connectivity index (χ2n) is 4.84. The second kappa shape index (κ2) is 6.50. The van der Waals surface area contributed by atoms with E-state index in [0.717, 1.165) is 0 Å². The predicted molar refractivity (Wildman–Crippen MR) is 82.5 cm³/mol. The molecule has 23 heavy (non-hydrogen) atoms. The first kappa shape index (κ1) is 15.7. The second-order valence-corrected chi connectivity index (χ2v) is 5.86. The van der Waals surface area contributed by atoms with Gasteiger partial charge in [-0.3, -0.25) is 4.79 Å². The molecular weight excluding hydrogens is 325 g/mol. The van der Waals surface area contributed by atoms with E-state index in [-0.39, 0.29) is 11.5 Å². The van der Waals surface area contributed by atoms with Crippen LogP contribution in [-0.2, 0) is 0 Å². The van der Waals surface area contributed by atoms with Crippen LogP contribution in [0.3, 0.4) is 0 Å². The highest BCUT2D eigenvalue weighted by molar-refractivity contribution is 7.99. The summed E-state index contributed by atoms with van der Waals surface area (Å²) in [6.45, 7) is -2.94. The molecule has 118 valence electrons. The molecular formula is C17H11F3O2S. The number of carbonyl (C=O) groups excluding carboxylic acids is 1. The number of para-hydroxylation sites is 1. The quantitative estimate of drug-likeness (QED) is 0.753. The summed E-state index contributed by atoms with van der Waals surface area (Å²) in [5, 5.41) is 0. The van der Waals surface area contributed by atoms with Crippen LogP contribution < -0.4 is 4.74 Å². The molecule has 6 heteroatoms. The summed E-state index contributed by atoms with van der Waals surface area (Å²) in [6.07, 6.45) is 1.51. The van der Waals surface area contributed by atoms with Gasteiger partial charge in [0.1, 0.15) is 11.6 Å². The van der Waals surface area contributed by atoms with Crippen LogP contribution in [-0.4, -0.2) is 18.1 Å². The number of benzene rings is 2. The average molecular weight is 336 g/mol. The van der Waals surface area contributed by atoms with Crippen LogP contribution in [0.4, 0.5) is 13.2 Å². The van der Waals surface area contributed by atoms with Gasteiger partial charge in [-0.25, -0.2) is 4.39 Å². The van der Waals surface area contributed by atoms with E-state index in [1.165, 1.54) is 36.0 Å². The largest absolute Gasteiger partial charge is 0.434 e. The Kier molecular flexibility index (Phi) is 4.43. The molecule has 2 nitrogen and oxygen atoms in total. The molecule has 0 spiro atoms. The van der Waals surface area contributed by atoms with Crippen molar-refractivity contribution in [2.75, 3.05) is 5.75 Å². The minimum absolute atomic E-state index is 0.00200. The maximum Gasteiger partial charge on any atom is 0.387 e. The lowest BCUT2D eigenvalue weighted by Gasteiger charge is -2.17. The van der Waals surface area contributed by atoms with Gasteiger partial charge in [0.05, 0.1) is 0 Å². The highest BCUT2D eigenvalue weighted by Crippen LogP contribution is 2.34. The molecule has 0 aliphatic carbocycles. The van der Waals surface area contributed by atoms with Crippen molar-refractivity contribution >= 4 is 23.6 Å². The summed E-state index contributed by atoms with van der Waals surface area (Å²) in [5.41, 5.74) is 1.09. The van der Waals surface area contributed by atoms with Crippen LogP contribution in [0.5, 0.6) is 5.75 Å². The lowest BCUT2D eigenvalue weighted by atomic mass is 10.0. The standard InChI is InChI=1S/C17H11F3O2S/c18-12-5-6-15-13(8-12)16(21)11(9-23-15)7-10-3-1-2-4-14(10)22-17(19)20/h1-8,17H,9H2/b11-7+. The van der Waals surface area contributed by atoms with Crippen molar-refractivity contribution in [3.05, 3.63) is 65.0 Å². The number of ether oxygens (including phenoxy) is 1. The molecule has 0 bridgehead atoms. The molecule has 3 rings (SSSR count). The fraction of sp³-hybridized carbons (Fsp3) is 0.118. The van der Waals surface area contributed by atoms with Crippen molar-refractivity contribution in [3.63, 3.8) is 0 Å². The van der Waals surface area contributed by atoms with Crippen molar-refractivity contribution < 1.29 is 22.7 Å². The van der Waals surface area contributed by atoms with Gasteiger partial charge in [-0.15, -0.1) is 11.8 Å². The van der Waals surface area contributed by atoms with E-state index in [1.54, 1.807) is 24.3 Å². The van der Waals surface area contributed by atoms with Gasteiger partial charge in [-0.05, 0) is 30.3 Å². The Morgan fingerprint density at radius 3 is 2.74 bits per heavy atom. The monoisotopic (exact) mass is 336 g/mol. The zero-order valence-corrected chi connectivity index (χ0v) is 12.6. The molecule has 0 N–H and O–H groups in total. The Labute approximate surface area is 135 Å². The smallest absolute Gasteiger partial charge is 0.387 e. The maximum atomic E-state index is 13.3. The highest BCUT2D eigenvalue weighted by atomic mass is 32.2. The van der Waals surface area contributed by atoms with E-state index in [9.17, 15) is 18.0 Å². The van der Waals surface area contributed by atoms with Crippen molar-refractivity contribution in [3.8, 4) is 5.75 Å². The van der Waals surface area contributed by atoms with Gasteiger partial charge in [-0.2, -0.15) is 8.78 Å². The van der Waals surface area contributed by atoms with Gasteiger partial charge >= 0.3 is 6.61 Å². The fourth-order valence-electron chi connectivity index (χ4n) is 2.30. The minimum Gasteiger partial charge on any atom is -0.434 e. The van der Waals surface area contributed by atoms with Crippen LogP contribution in [0.25, 0.3) is 6.08 Å². The molecule has 0 radical (unpaired) electrons. The average Bonchev–Trinajstić information content (AvgIpc) is 2.52. The van der Waals surface area contributed by atoms with Crippen LogP contribution in [0, 0.1) is 5.82 Å². The van der Waals surface area contributed by atoms with E-state index < -0.39 is 12.4 Å². The first-order valence-electron chi connectivity index (χ1n) is 6.76. The van der Waals surface area contributed by atoms with E-state index >= 15 is 0 Å². The van der Waals surface area contributed by atoms with Gasteiger partial charge in [0, 0.05) is 27.3 Å². The third-order valence-electron chi connectivity index (χ3n) is 3.33. The van der Waals surface area contributed by atoms with Crippen molar-refractivity contribution in [1.29, 1.82) is 0 Å². The Morgan fingerprint density at radius 2 is 1.96 bits per heavy atom. The van der Waals surface area contributed by atoms with Crippen LogP contribution in [0.2, 0.25) is 0 Å². The summed E-state index contributed by atoms with van der Waals surface area (Å²) >= 11 is 1.40. The Hall–Kier alpha value is -2.21. The van der Waals surface area contributed by atoms with Crippen molar-refractivity contribution in [2.24, 2.45) is 0 Å². The molecule has 2 aromatic rings. The SMILES string of the molecule is O=C1/C(=C/c2ccccc2OC(F)F)CSc2ccc(F)cc21. The third-order valence-corrected chi connectivity index (χ3v) is 4.45. The topological polar surface area (TPSA) is 26.3 Å². The number of hydrogen-bond donors (Lipinski definition) is 0. The number of alkyl halides is 2. The molecule has 1 heterocycles. The van der Waals surface area contributed by atoms with Crippen molar-refractivity contribution in [2.45, 2.75) is 11.5 Å². The number of ketones is 1. The molecule has 0 saturated heterocycles. The summed E-state index contributed by atoms with van der Waals surface area (Å²) in [5.74, 6) is -0.399. The van der Waals surface area contributed by atoms with E-state index in [0.29, 0.717) is 27.3 Å². The molecule has 0 atom stereocenters. The van der Waals surface area contributed by atoms with Gasteiger partial charge in [-0.1, -0.05) is 18.2 Å². The fourth-order valence-corrected chi connectivity index (χ4v) is 3.29. The Morgan fingerprint density at radius 1 is 1.17 bits per heavy atom. The first-order chi connectivity index (χ1) is 11.0. The molecule has 0 unspecified atom stereocenters. The number of rotatable bonds is 3. The first-order valence-corrected chi connectivity index (χ1v) is 7.74. The van der Waals surface area contributed by atoms with Crippen molar-refractivity contribution in [1.82, 2.24) is 0 Å². The minimum atomic E-state index is -2.94. The van der Waals surface area contributed by atoms with E-state index in [4.69, 9.17) is 0 Å². The number of Topliss-reactive ketones (excluding diaryl/α,β-unsaturated/α-hetero) is 1. The molecule has 2 aromatic carbocycles. The van der Waals surface area contributed by atoms with Crippen LogP contribution >= 0.6 is 11.8 Å². The molecule has 0 aromatic heterocycles. The molecule has 0 fully saturated rings. The third kappa shape index (κ3) is 3.42. The zero-order chi connectivity index (χ0) is 16.4. The maximum absolute atomic E-state index is 13.3. The Balaban J connectivity index is 1.97. The van der Waals surface area contributed by atoms with Crippen LogP contribution in [0.15, 0.2) is 52.9 Å². The normalized spacial score (nSPS) is 15.8. The zero-order valence-electron chi connectivity index (χ0n) is 11.8. The summed E-state index contributed by atoms with van der Waals surface area (Å²) < 4.78 is 42.7. The number of hydrogen-bond acceptors (Lipinski definition) is 3. The summed E-state index contributed by atoms with van der Waals surface area (Å²) in [6, 6.07) is 10.3. The van der Waals surface area contributed by atoms with Gasteiger partial charge in [0.25, 0.3) is 0 Å². The number of halogens is 3. The molecule has 1 aliphatic heterocycles. The van der Waals surface area contributed by atoms with Gasteiger partial charge < -0.3 is 4.74 Å².